The molecule has 3 aromatic rings. The summed E-state index contributed by atoms with van der Waals surface area (Å²) in [6, 6.07) is 12.2. The fourth-order valence-electron chi connectivity index (χ4n) is 4.55. The molecule has 1 fully saturated rings. The largest absolute Gasteiger partial charge is 0.335 e. The number of aromatic nitrogens is 1. The van der Waals surface area contributed by atoms with Crippen LogP contribution in [0.4, 0.5) is 9.18 Å². The molecule has 0 spiro atoms. The van der Waals surface area contributed by atoms with Crippen molar-refractivity contribution < 1.29 is 9.18 Å². The number of halogens is 2. The van der Waals surface area contributed by atoms with Crippen LogP contribution < -0.4 is 10.6 Å². The van der Waals surface area contributed by atoms with Crippen molar-refractivity contribution in [1.29, 1.82) is 0 Å². The third-order valence-electron chi connectivity index (χ3n) is 5.92. The molecule has 2 heterocycles. The van der Waals surface area contributed by atoms with Gasteiger partial charge in [-0.2, -0.15) is 0 Å². The molecule has 2 N–H and O–H groups in total. The highest BCUT2D eigenvalue weighted by atomic mass is 35.5. The van der Waals surface area contributed by atoms with Crippen LogP contribution in [0, 0.1) is 5.82 Å². The lowest BCUT2D eigenvalue weighted by Crippen LogP contribution is -2.47. The van der Waals surface area contributed by atoms with Crippen molar-refractivity contribution in [3.63, 3.8) is 0 Å². The lowest BCUT2D eigenvalue weighted by Gasteiger charge is -2.37. The van der Waals surface area contributed by atoms with Crippen molar-refractivity contribution in [2.45, 2.75) is 25.3 Å². The normalized spacial score (nSPS) is 18.9. The molecule has 0 radical (unpaired) electrons. The number of benzene rings is 2. The Kier molecular flexibility index (Phi) is 5.71. The molecule has 1 saturated heterocycles. The lowest BCUT2D eigenvalue weighted by molar-refractivity contribution is 0.148. The van der Waals surface area contributed by atoms with Gasteiger partial charge in [0.15, 0.2) is 0 Å². The van der Waals surface area contributed by atoms with Gasteiger partial charge in [-0.3, -0.25) is 0 Å². The van der Waals surface area contributed by atoms with Crippen LogP contribution in [0.2, 0.25) is 5.02 Å². The number of hydrogen-bond donors (Lipinski definition) is 2. The number of amides is 2. The average Bonchev–Trinajstić information content (AvgIpc) is 3.26. The Morgan fingerprint density at radius 2 is 2.00 bits per heavy atom. The van der Waals surface area contributed by atoms with E-state index in [2.05, 4.69) is 28.3 Å². The Labute approximate surface area is 180 Å². The summed E-state index contributed by atoms with van der Waals surface area (Å²) in [5.74, 6) is -0.273. The monoisotopic (exact) mass is 428 g/mol. The lowest BCUT2D eigenvalue weighted by atomic mass is 9.84. The third-order valence-corrected chi connectivity index (χ3v) is 6.15. The van der Waals surface area contributed by atoms with E-state index in [0.717, 1.165) is 35.0 Å². The average molecular weight is 429 g/mol. The summed E-state index contributed by atoms with van der Waals surface area (Å²) in [6.45, 7) is 3.98. The van der Waals surface area contributed by atoms with Gasteiger partial charge in [-0.05, 0) is 55.9 Å². The van der Waals surface area contributed by atoms with E-state index < -0.39 is 5.54 Å². The van der Waals surface area contributed by atoms with Gasteiger partial charge in [0, 0.05) is 47.5 Å². The molecule has 4 rings (SSSR count). The number of likely N-dealkylation sites (N-methyl/N-ethyl adjacent to an activating group) is 1. The van der Waals surface area contributed by atoms with Gasteiger partial charge in [-0.15, -0.1) is 0 Å². The standard InChI is InChI=1S/C23H26ClFN4O/c1-3-10-23(15-27-22(30)29(23)12-11-26-2)20-14-28(18-7-5-17(25)6-8-18)21-9-4-16(24)13-19(20)21/h4-9,13-14,26H,3,10-12,15H2,1-2H3,(H,27,30). The Bertz CT molecular complexity index is 1070. The van der Waals surface area contributed by atoms with Gasteiger partial charge in [-0.25, -0.2) is 9.18 Å². The second-order valence-corrected chi connectivity index (χ2v) is 8.18. The molecule has 0 bridgehead atoms. The predicted octanol–water partition coefficient (Wildman–Crippen LogP) is 4.66. The fraction of sp³-hybridized carbons (Fsp3) is 0.348. The zero-order chi connectivity index (χ0) is 21.3. The molecule has 1 aliphatic heterocycles. The molecule has 7 heteroatoms. The molecule has 2 amide bonds. The van der Waals surface area contributed by atoms with Crippen LogP contribution in [0.25, 0.3) is 16.6 Å². The molecule has 1 unspecified atom stereocenters. The van der Waals surface area contributed by atoms with E-state index in [9.17, 15) is 9.18 Å². The molecule has 5 nitrogen and oxygen atoms in total. The Balaban J connectivity index is 1.94. The van der Waals surface area contributed by atoms with E-state index in [1.54, 1.807) is 12.1 Å². The van der Waals surface area contributed by atoms with Crippen LogP contribution in [0.3, 0.4) is 0 Å². The van der Waals surface area contributed by atoms with Gasteiger partial charge in [-0.1, -0.05) is 24.9 Å². The highest BCUT2D eigenvalue weighted by molar-refractivity contribution is 6.31. The van der Waals surface area contributed by atoms with Crippen molar-refractivity contribution in [3.8, 4) is 5.69 Å². The summed E-state index contributed by atoms with van der Waals surface area (Å²) >= 11 is 6.38. The zero-order valence-electron chi connectivity index (χ0n) is 17.2. The number of urea groups is 1. The minimum absolute atomic E-state index is 0.0524. The highest BCUT2D eigenvalue weighted by Crippen LogP contribution is 2.42. The van der Waals surface area contributed by atoms with E-state index >= 15 is 0 Å². The number of rotatable bonds is 7. The van der Waals surface area contributed by atoms with Crippen LogP contribution in [0.5, 0.6) is 0 Å². The molecule has 1 aromatic heterocycles. The fourth-order valence-corrected chi connectivity index (χ4v) is 4.72. The van der Waals surface area contributed by atoms with E-state index in [1.165, 1.54) is 12.1 Å². The van der Waals surface area contributed by atoms with Crippen LogP contribution in [0.1, 0.15) is 25.3 Å². The Hall–Kier alpha value is -2.57. The van der Waals surface area contributed by atoms with E-state index in [-0.39, 0.29) is 11.8 Å². The molecular weight excluding hydrogens is 403 g/mol. The highest BCUT2D eigenvalue weighted by Gasteiger charge is 2.47. The first-order valence-corrected chi connectivity index (χ1v) is 10.6. The first-order valence-electron chi connectivity index (χ1n) is 10.3. The minimum atomic E-state index is -0.475. The van der Waals surface area contributed by atoms with Crippen molar-refractivity contribution in [1.82, 2.24) is 20.1 Å². The topological polar surface area (TPSA) is 49.3 Å². The van der Waals surface area contributed by atoms with Gasteiger partial charge < -0.3 is 20.1 Å². The van der Waals surface area contributed by atoms with E-state index in [4.69, 9.17) is 11.6 Å². The maximum Gasteiger partial charge on any atom is 0.318 e. The third kappa shape index (κ3) is 3.44. The van der Waals surface area contributed by atoms with Gasteiger partial charge in [0.2, 0.25) is 0 Å². The van der Waals surface area contributed by atoms with E-state index in [1.807, 2.05) is 30.1 Å². The van der Waals surface area contributed by atoms with Crippen molar-refractivity contribution in [3.05, 3.63) is 65.1 Å². The SMILES string of the molecule is CCCC1(c2cn(-c3ccc(F)cc3)c3ccc(Cl)cc23)CNC(=O)N1CCNC. The summed E-state index contributed by atoms with van der Waals surface area (Å²) in [6.07, 6.45) is 3.83. The van der Waals surface area contributed by atoms with Gasteiger partial charge in [0.25, 0.3) is 0 Å². The van der Waals surface area contributed by atoms with Gasteiger partial charge in [0.1, 0.15) is 5.82 Å². The van der Waals surface area contributed by atoms with E-state index in [0.29, 0.717) is 24.7 Å². The molecule has 0 aliphatic carbocycles. The molecule has 1 atom stereocenters. The number of nitrogens with zero attached hydrogens (tertiary/aromatic N) is 2. The number of fused-ring (bicyclic) bond motifs is 1. The predicted molar refractivity (Wildman–Crippen MR) is 119 cm³/mol. The molecule has 0 saturated carbocycles. The van der Waals surface area contributed by atoms with Crippen molar-refractivity contribution >= 4 is 28.5 Å². The van der Waals surface area contributed by atoms with Gasteiger partial charge in [0.05, 0.1) is 11.1 Å². The summed E-state index contributed by atoms with van der Waals surface area (Å²) in [5.41, 5.74) is 2.42. The first kappa shape index (κ1) is 20.7. The van der Waals surface area contributed by atoms with Crippen molar-refractivity contribution in [2.75, 3.05) is 26.7 Å². The maximum absolute atomic E-state index is 13.5. The van der Waals surface area contributed by atoms with Crippen molar-refractivity contribution in [2.24, 2.45) is 0 Å². The second-order valence-electron chi connectivity index (χ2n) is 7.75. The molecule has 1 aliphatic rings. The minimum Gasteiger partial charge on any atom is -0.335 e. The molecule has 2 aromatic carbocycles. The molecule has 158 valence electrons. The van der Waals surface area contributed by atoms with Crippen LogP contribution in [-0.4, -0.2) is 42.2 Å². The maximum atomic E-state index is 13.5. The van der Waals surface area contributed by atoms with Crippen LogP contribution >= 0.6 is 11.6 Å². The van der Waals surface area contributed by atoms with Crippen LogP contribution in [0.15, 0.2) is 48.7 Å². The number of carbonyl (C=O) groups excluding carboxylic acids is 1. The first-order chi connectivity index (χ1) is 14.5. The Morgan fingerprint density at radius 3 is 2.70 bits per heavy atom. The summed E-state index contributed by atoms with van der Waals surface area (Å²) in [4.78, 5) is 14.7. The summed E-state index contributed by atoms with van der Waals surface area (Å²) < 4.78 is 15.6. The summed E-state index contributed by atoms with van der Waals surface area (Å²) in [5, 5.41) is 7.85. The smallest absolute Gasteiger partial charge is 0.318 e. The number of hydrogen-bond acceptors (Lipinski definition) is 2. The Morgan fingerprint density at radius 1 is 1.23 bits per heavy atom. The molecular formula is C23H26ClFN4O. The quantitative estimate of drug-likeness (QED) is 0.574. The second kappa shape index (κ2) is 8.28. The van der Waals surface area contributed by atoms with Crippen LogP contribution in [-0.2, 0) is 5.54 Å². The number of carbonyl (C=O) groups is 1. The zero-order valence-corrected chi connectivity index (χ0v) is 18.0. The molecule has 30 heavy (non-hydrogen) atoms. The summed E-state index contributed by atoms with van der Waals surface area (Å²) in [7, 11) is 1.88. The number of nitrogens with one attached hydrogen (secondary N) is 2. The van der Waals surface area contributed by atoms with Gasteiger partial charge >= 0.3 is 6.03 Å².